The number of hydrogen-bond donors (Lipinski definition) is 5. The van der Waals surface area contributed by atoms with Gasteiger partial charge in [-0.1, -0.05) is 37.3 Å². The number of carbonyl (C=O) groups is 6. The number of nitrogens with one attached hydrogen (secondary N) is 4. The van der Waals surface area contributed by atoms with Crippen LogP contribution in [-0.2, 0) is 35.3 Å². The smallest absolute Gasteiger partial charge is 0.408 e. The van der Waals surface area contributed by atoms with Gasteiger partial charge in [0.1, 0.15) is 25.2 Å². The molecule has 0 bridgehead atoms. The highest BCUT2D eigenvalue weighted by atomic mass is 16.5. The Labute approximate surface area is 208 Å². The Hall–Kier alpha value is -4.42. The van der Waals surface area contributed by atoms with Crippen LogP contribution in [0.15, 0.2) is 42.5 Å². The van der Waals surface area contributed by atoms with E-state index in [0.29, 0.717) is 18.0 Å². The summed E-state index contributed by atoms with van der Waals surface area (Å²) in [6, 6.07) is 6.73. The van der Waals surface area contributed by atoms with Crippen molar-refractivity contribution in [1.29, 1.82) is 0 Å². The molecule has 0 saturated carbocycles. The molecule has 0 aliphatic carbocycles. The summed E-state index contributed by atoms with van der Waals surface area (Å²) in [7, 11) is 0. The minimum Gasteiger partial charge on any atom is -0.445 e. The third kappa shape index (κ3) is 11.6. The number of nitrogens with two attached hydrogens (primary N) is 1. The first-order valence-electron chi connectivity index (χ1n) is 11.2. The fourth-order valence-corrected chi connectivity index (χ4v) is 2.51. The number of primary amides is 1. The van der Waals surface area contributed by atoms with Gasteiger partial charge in [-0.15, -0.1) is 0 Å². The summed E-state index contributed by atoms with van der Waals surface area (Å²) >= 11 is 0. The van der Waals surface area contributed by atoms with Crippen molar-refractivity contribution in [2.75, 3.05) is 13.1 Å². The quantitative estimate of drug-likeness (QED) is 0.182. The Balaban J connectivity index is 2.60. The lowest BCUT2D eigenvalue weighted by atomic mass is 10.2. The average Bonchev–Trinajstić information content (AvgIpc) is 2.84. The van der Waals surface area contributed by atoms with Gasteiger partial charge in [-0.2, -0.15) is 0 Å². The average molecular weight is 505 g/mol. The van der Waals surface area contributed by atoms with E-state index in [9.17, 15) is 28.8 Å². The molecule has 2 atom stereocenters. The number of amides is 6. The summed E-state index contributed by atoms with van der Waals surface area (Å²) in [5.41, 5.74) is 8.06. The van der Waals surface area contributed by atoms with Crippen molar-refractivity contribution in [3.8, 4) is 0 Å². The third-order valence-corrected chi connectivity index (χ3v) is 4.44. The van der Waals surface area contributed by atoms with Gasteiger partial charge in [0.15, 0.2) is 0 Å². The van der Waals surface area contributed by atoms with E-state index in [4.69, 9.17) is 10.5 Å². The second kappa shape index (κ2) is 15.5. The number of hydrogen-bond acceptors (Lipinski definition) is 7. The minimum absolute atomic E-state index is 0.0122. The highest BCUT2D eigenvalue weighted by molar-refractivity contribution is 5.99. The molecule has 0 spiro atoms. The minimum atomic E-state index is -1.16. The summed E-state index contributed by atoms with van der Waals surface area (Å²) in [6.07, 6.45) is 1.69. The highest BCUT2D eigenvalue weighted by Gasteiger charge is 2.24. The molecule has 0 aliphatic rings. The van der Waals surface area contributed by atoms with Crippen LogP contribution >= 0.6 is 0 Å². The van der Waals surface area contributed by atoms with Crippen molar-refractivity contribution in [3.05, 3.63) is 48.0 Å². The zero-order chi connectivity index (χ0) is 27.1. The standard InChI is InChI=1S/C23H32N6O7/c1-4-12-25-19(31)10-11-20(32)29(13-18(24)30)28-22(34)16(3)26-21(33)15(2)27-23(35)36-14-17-8-6-5-7-9-17/h5-11,15-16H,4,12-14H2,1-3H3,(H2,24,30)(H,25,31)(H,26,33)(H,27,35)(H,28,34)/b11-10+/t15-,16-/m0/s1. The van der Waals surface area contributed by atoms with Crippen molar-refractivity contribution in [1.82, 2.24) is 26.4 Å². The molecular formula is C23H32N6O7. The summed E-state index contributed by atoms with van der Waals surface area (Å²) in [4.78, 5) is 72.0. The number of nitrogens with zero attached hydrogens (tertiary/aromatic N) is 1. The zero-order valence-corrected chi connectivity index (χ0v) is 20.4. The number of ether oxygens (including phenoxy) is 1. The van der Waals surface area contributed by atoms with Crippen molar-refractivity contribution < 1.29 is 33.5 Å². The number of carbonyl (C=O) groups excluding carboxylic acids is 6. The van der Waals surface area contributed by atoms with Crippen LogP contribution in [-0.4, -0.2) is 65.8 Å². The Bertz CT molecular complexity index is 967. The third-order valence-electron chi connectivity index (χ3n) is 4.44. The fourth-order valence-electron chi connectivity index (χ4n) is 2.51. The Kier molecular flexibility index (Phi) is 12.7. The molecule has 13 heteroatoms. The largest absolute Gasteiger partial charge is 0.445 e. The molecule has 13 nitrogen and oxygen atoms in total. The van der Waals surface area contributed by atoms with E-state index < -0.39 is 54.3 Å². The van der Waals surface area contributed by atoms with Crippen LogP contribution in [0.2, 0.25) is 0 Å². The van der Waals surface area contributed by atoms with Crippen molar-refractivity contribution in [2.24, 2.45) is 5.73 Å². The van der Waals surface area contributed by atoms with Gasteiger partial charge >= 0.3 is 6.09 Å². The molecule has 0 radical (unpaired) electrons. The lowest BCUT2D eigenvalue weighted by Gasteiger charge is -2.24. The maximum absolute atomic E-state index is 12.5. The topological polar surface area (TPSA) is 189 Å². The van der Waals surface area contributed by atoms with E-state index in [1.807, 2.05) is 13.0 Å². The summed E-state index contributed by atoms with van der Waals surface area (Å²) in [5, 5.41) is 7.85. The lowest BCUT2D eigenvalue weighted by molar-refractivity contribution is -0.142. The molecule has 0 saturated heterocycles. The van der Waals surface area contributed by atoms with Crippen LogP contribution in [0, 0.1) is 0 Å². The molecule has 0 unspecified atom stereocenters. The second-order valence-corrected chi connectivity index (χ2v) is 7.65. The van der Waals surface area contributed by atoms with Gasteiger partial charge in [0.2, 0.25) is 17.7 Å². The van der Waals surface area contributed by atoms with Crippen LogP contribution in [0.4, 0.5) is 4.79 Å². The van der Waals surface area contributed by atoms with Gasteiger partial charge in [0.25, 0.3) is 11.8 Å². The monoisotopic (exact) mass is 504 g/mol. The maximum Gasteiger partial charge on any atom is 0.408 e. The molecule has 36 heavy (non-hydrogen) atoms. The molecule has 0 fully saturated rings. The summed E-state index contributed by atoms with van der Waals surface area (Å²) in [6.45, 7) is 4.33. The molecule has 1 aromatic carbocycles. The summed E-state index contributed by atoms with van der Waals surface area (Å²) in [5.74, 6) is -3.88. The molecule has 6 amide bonds. The van der Waals surface area contributed by atoms with Gasteiger partial charge < -0.3 is 26.4 Å². The number of alkyl carbamates (subject to hydrolysis) is 1. The Morgan fingerprint density at radius 1 is 0.972 bits per heavy atom. The van der Waals surface area contributed by atoms with Gasteiger partial charge in [0.05, 0.1) is 0 Å². The van der Waals surface area contributed by atoms with Crippen LogP contribution < -0.4 is 27.1 Å². The predicted molar refractivity (Wildman–Crippen MR) is 128 cm³/mol. The molecule has 0 aliphatic heterocycles. The normalized spacial score (nSPS) is 12.1. The first-order chi connectivity index (χ1) is 17.0. The highest BCUT2D eigenvalue weighted by Crippen LogP contribution is 2.01. The van der Waals surface area contributed by atoms with Crippen LogP contribution in [0.25, 0.3) is 0 Å². The number of benzene rings is 1. The van der Waals surface area contributed by atoms with E-state index in [0.717, 1.165) is 17.7 Å². The molecule has 1 rings (SSSR count). The van der Waals surface area contributed by atoms with Gasteiger partial charge in [-0.3, -0.25) is 29.4 Å². The van der Waals surface area contributed by atoms with Crippen molar-refractivity contribution in [3.63, 3.8) is 0 Å². The molecule has 6 N–H and O–H groups in total. The molecule has 0 heterocycles. The molecular weight excluding hydrogens is 472 g/mol. The van der Waals surface area contributed by atoms with Crippen molar-refractivity contribution >= 4 is 35.6 Å². The van der Waals surface area contributed by atoms with E-state index in [1.165, 1.54) is 13.8 Å². The van der Waals surface area contributed by atoms with E-state index in [1.54, 1.807) is 24.3 Å². The van der Waals surface area contributed by atoms with Gasteiger partial charge in [0, 0.05) is 18.7 Å². The Morgan fingerprint density at radius 2 is 1.61 bits per heavy atom. The van der Waals surface area contributed by atoms with Crippen LogP contribution in [0.1, 0.15) is 32.8 Å². The van der Waals surface area contributed by atoms with Gasteiger partial charge in [-0.05, 0) is 25.8 Å². The van der Waals surface area contributed by atoms with E-state index in [-0.39, 0.29) is 6.61 Å². The zero-order valence-electron chi connectivity index (χ0n) is 20.4. The first-order valence-corrected chi connectivity index (χ1v) is 11.2. The predicted octanol–water partition coefficient (Wildman–Crippen LogP) is -0.766. The van der Waals surface area contributed by atoms with Gasteiger partial charge in [-0.25, -0.2) is 9.80 Å². The number of hydrazine groups is 1. The fraction of sp³-hybridized carbons (Fsp3) is 0.391. The van der Waals surface area contributed by atoms with Crippen LogP contribution in [0.3, 0.4) is 0 Å². The van der Waals surface area contributed by atoms with Crippen LogP contribution in [0.5, 0.6) is 0 Å². The van der Waals surface area contributed by atoms with E-state index in [2.05, 4.69) is 21.4 Å². The molecule has 0 aromatic heterocycles. The lowest BCUT2D eigenvalue weighted by Crippen LogP contribution is -2.56. The summed E-state index contributed by atoms with van der Waals surface area (Å²) < 4.78 is 5.05. The van der Waals surface area contributed by atoms with Crippen molar-refractivity contribution in [2.45, 2.75) is 45.9 Å². The first kappa shape index (κ1) is 29.6. The van der Waals surface area contributed by atoms with E-state index >= 15 is 0 Å². The SMILES string of the molecule is CCCNC(=O)/C=C/C(=O)N(CC(N)=O)NC(=O)[C@H](C)NC(=O)[C@H](C)NC(=O)OCc1ccccc1. The maximum atomic E-state index is 12.5. The molecule has 1 aromatic rings. The second-order valence-electron chi connectivity index (χ2n) is 7.65. The molecule has 196 valence electrons. The Morgan fingerprint density at radius 3 is 2.22 bits per heavy atom. The number of rotatable bonds is 12.